The molecule has 0 spiro atoms. The Kier molecular flexibility index (Phi) is 4.89. The van der Waals surface area contributed by atoms with E-state index in [9.17, 15) is 0 Å². The highest BCUT2D eigenvalue weighted by atomic mass is 15.3. The van der Waals surface area contributed by atoms with Crippen molar-refractivity contribution in [1.29, 1.82) is 0 Å². The average Bonchev–Trinajstić information content (AvgIpc) is 3.35. The van der Waals surface area contributed by atoms with Gasteiger partial charge in [0.1, 0.15) is 0 Å². The number of H-pyrrole nitrogens is 1. The van der Waals surface area contributed by atoms with Crippen LogP contribution in [0.2, 0.25) is 0 Å². The van der Waals surface area contributed by atoms with Crippen molar-refractivity contribution in [1.82, 2.24) is 24.9 Å². The van der Waals surface area contributed by atoms with Gasteiger partial charge in [0, 0.05) is 30.6 Å². The van der Waals surface area contributed by atoms with Crippen LogP contribution in [0.4, 0.5) is 0 Å². The van der Waals surface area contributed by atoms with Gasteiger partial charge < -0.3 is 0 Å². The molecule has 1 N–H and O–H groups in total. The molecule has 5 heteroatoms. The monoisotopic (exact) mass is 349 g/mol. The van der Waals surface area contributed by atoms with Crippen molar-refractivity contribution in [2.75, 3.05) is 13.1 Å². The Bertz CT molecular complexity index is 826. The number of likely N-dealkylation sites (tertiary alicyclic amines) is 1. The second-order valence-electron chi connectivity index (χ2n) is 7.57. The van der Waals surface area contributed by atoms with Crippen molar-refractivity contribution in [2.45, 2.75) is 45.1 Å². The number of rotatable bonds is 5. The summed E-state index contributed by atoms with van der Waals surface area (Å²) in [6, 6.07) is 12.9. The lowest BCUT2D eigenvalue weighted by Gasteiger charge is -2.31. The fourth-order valence-corrected chi connectivity index (χ4v) is 3.74. The van der Waals surface area contributed by atoms with E-state index in [1.165, 1.54) is 29.8 Å². The average molecular weight is 349 g/mol. The Morgan fingerprint density at radius 3 is 2.69 bits per heavy atom. The number of aromatic amines is 1. The minimum absolute atomic E-state index is 0.488. The minimum atomic E-state index is 0.488. The summed E-state index contributed by atoms with van der Waals surface area (Å²) in [4.78, 5) is 2.55. The van der Waals surface area contributed by atoms with E-state index in [0.717, 1.165) is 25.3 Å². The molecule has 26 heavy (non-hydrogen) atoms. The van der Waals surface area contributed by atoms with Crippen LogP contribution in [0.3, 0.4) is 0 Å². The van der Waals surface area contributed by atoms with Gasteiger partial charge in [-0.15, -0.1) is 0 Å². The number of hydrogen-bond acceptors (Lipinski definition) is 3. The van der Waals surface area contributed by atoms with E-state index in [-0.39, 0.29) is 0 Å². The van der Waals surface area contributed by atoms with E-state index < -0.39 is 0 Å². The maximum Gasteiger partial charge on any atom is 0.0650 e. The molecule has 1 saturated heterocycles. The van der Waals surface area contributed by atoms with Crippen molar-refractivity contribution in [3.05, 3.63) is 65.7 Å². The molecule has 2 aromatic heterocycles. The van der Waals surface area contributed by atoms with E-state index in [2.05, 4.69) is 64.4 Å². The molecule has 1 aliphatic heterocycles. The lowest BCUT2D eigenvalue weighted by molar-refractivity contribution is 0.203. The highest BCUT2D eigenvalue weighted by molar-refractivity contribution is 5.35. The Balaban J connectivity index is 1.36. The van der Waals surface area contributed by atoms with E-state index in [4.69, 9.17) is 0 Å². The van der Waals surface area contributed by atoms with Crippen molar-refractivity contribution in [2.24, 2.45) is 0 Å². The van der Waals surface area contributed by atoms with Crippen LogP contribution in [0.25, 0.3) is 5.69 Å². The van der Waals surface area contributed by atoms with E-state index in [1.54, 1.807) is 0 Å². The zero-order chi connectivity index (χ0) is 17.9. The molecule has 0 amide bonds. The summed E-state index contributed by atoms with van der Waals surface area (Å²) >= 11 is 0. The lowest BCUT2D eigenvalue weighted by atomic mass is 9.92. The molecule has 0 saturated carbocycles. The summed E-state index contributed by atoms with van der Waals surface area (Å²) in [6.45, 7) is 7.65. The fraction of sp³-hybridized carbons (Fsp3) is 0.429. The molecular weight excluding hydrogens is 322 g/mol. The molecule has 3 aromatic rings. The number of hydrogen-bond donors (Lipinski definition) is 1. The van der Waals surface area contributed by atoms with Gasteiger partial charge in [0.25, 0.3) is 0 Å². The molecule has 1 fully saturated rings. The van der Waals surface area contributed by atoms with Crippen LogP contribution in [-0.4, -0.2) is 38.0 Å². The summed E-state index contributed by atoms with van der Waals surface area (Å²) in [5.41, 5.74) is 4.97. The Morgan fingerprint density at radius 1 is 1.15 bits per heavy atom. The van der Waals surface area contributed by atoms with Crippen molar-refractivity contribution >= 4 is 0 Å². The molecule has 0 atom stereocenters. The highest BCUT2D eigenvalue weighted by Gasteiger charge is 2.22. The summed E-state index contributed by atoms with van der Waals surface area (Å²) in [5.74, 6) is 1.10. The molecule has 0 aliphatic carbocycles. The van der Waals surface area contributed by atoms with Gasteiger partial charge in [-0.3, -0.25) is 10.00 Å². The molecule has 4 rings (SSSR count). The first-order valence-corrected chi connectivity index (χ1v) is 9.55. The highest BCUT2D eigenvalue weighted by Crippen LogP contribution is 2.29. The van der Waals surface area contributed by atoms with E-state index >= 15 is 0 Å². The number of aromatic nitrogens is 4. The molecule has 1 aromatic carbocycles. The topological polar surface area (TPSA) is 49.7 Å². The third-order valence-corrected chi connectivity index (χ3v) is 5.32. The summed E-state index contributed by atoms with van der Waals surface area (Å²) < 4.78 is 1.92. The molecular formula is C21H27N5. The number of nitrogens with zero attached hydrogens (tertiary/aromatic N) is 4. The summed E-state index contributed by atoms with van der Waals surface area (Å²) in [7, 11) is 0. The molecule has 1 aliphatic rings. The van der Waals surface area contributed by atoms with Crippen molar-refractivity contribution in [3.8, 4) is 5.69 Å². The first-order valence-electron chi connectivity index (χ1n) is 9.55. The number of piperidine rings is 1. The van der Waals surface area contributed by atoms with Crippen LogP contribution in [0.1, 0.15) is 55.5 Å². The third kappa shape index (κ3) is 3.73. The normalized spacial score (nSPS) is 16.4. The number of nitrogens with one attached hydrogen (secondary N) is 1. The fourth-order valence-electron chi connectivity index (χ4n) is 3.74. The van der Waals surface area contributed by atoms with Crippen LogP contribution in [0.15, 0.2) is 48.8 Å². The van der Waals surface area contributed by atoms with Crippen LogP contribution in [0, 0.1) is 0 Å². The maximum absolute atomic E-state index is 4.46. The predicted molar refractivity (Wildman–Crippen MR) is 103 cm³/mol. The standard InChI is InChI=1S/C21H27N5/c1-16(2)20-14-21(24-23-20)18-7-11-25(12-8-18)15-17-5-3-6-19(13-17)26-10-4-9-22-26/h3-6,9-10,13-14,16,18H,7-8,11-12,15H2,1-2H3,(H,23,24). The van der Waals surface area contributed by atoms with Crippen LogP contribution in [-0.2, 0) is 6.54 Å². The zero-order valence-corrected chi connectivity index (χ0v) is 15.6. The molecule has 0 unspecified atom stereocenters. The van der Waals surface area contributed by atoms with Gasteiger partial charge in [0.2, 0.25) is 0 Å². The van der Waals surface area contributed by atoms with Crippen molar-refractivity contribution in [3.63, 3.8) is 0 Å². The van der Waals surface area contributed by atoms with Gasteiger partial charge >= 0.3 is 0 Å². The van der Waals surface area contributed by atoms with Crippen molar-refractivity contribution < 1.29 is 0 Å². The maximum atomic E-state index is 4.46. The zero-order valence-electron chi connectivity index (χ0n) is 15.6. The summed E-state index contributed by atoms with van der Waals surface area (Å²) in [5, 5.41) is 12.1. The van der Waals surface area contributed by atoms with Crippen LogP contribution in [0.5, 0.6) is 0 Å². The smallest absolute Gasteiger partial charge is 0.0650 e. The quantitative estimate of drug-likeness (QED) is 0.754. The van der Waals surface area contributed by atoms with Gasteiger partial charge in [0.05, 0.1) is 11.4 Å². The molecule has 0 bridgehead atoms. The second-order valence-corrected chi connectivity index (χ2v) is 7.57. The largest absolute Gasteiger partial charge is 0.299 e. The second kappa shape index (κ2) is 7.46. The molecule has 136 valence electrons. The van der Waals surface area contributed by atoms with Gasteiger partial charge in [-0.05, 0) is 61.7 Å². The van der Waals surface area contributed by atoms with Gasteiger partial charge in [0.15, 0.2) is 0 Å². The van der Waals surface area contributed by atoms with Gasteiger partial charge in [-0.2, -0.15) is 10.2 Å². The first-order chi connectivity index (χ1) is 12.7. The Morgan fingerprint density at radius 2 is 2.00 bits per heavy atom. The Hall–Kier alpha value is -2.40. The minimum Gasteiger partial charge on any atom is -0.299 e. The summed E-state index contributed by atoms with van der Waals surface area (Å²) in [6.07, 6.45) is 6.19. The SMILES string of the molecule is CC(C)c1cc(C2CCN(Cc3cccc(-n4cccn4)c3)CC2)[nH]n1. The van der Waals surface area contributed by atoms with Gasteiger partial charge in [-0.25, -0.2) is 4.68 Å². The van der Waals surface area contributed by atoms with Crippen LogP contribution >= 0.6 is 0 Å². The van der Waals surface area contributed by atoms with Crippen LogP contribution < -0.4 is 0 Å². The lowest BCUT2D eigenvalue weighted by Crippen LogP contribution is -2.32. The Labute approximate surface area is 155 Å². The van der Waals surface area contributed by atoms with E-state index in [1.807, 2.05) is 23.1 Å². The predicted octanol–water partition coefficient (Wildman–Crippen LogP) is 4.10. The van der Waals surface area contributed by atoms with Gasteiger partial charge in [-0.1, -0.05) is 26.0 Å². The molecule has 3 heterocycles. The number of benzene rings is 1. The molecule has 5 nitrogen and oxygen atoms in total. The third-order valence-electron chi connectivity index (χ3n) is 5.32. The first kappa shape index (κ1) is 17.0. The molecule has 0 radical (unpaired) electrons. The van der Waals surface area contributed by atoms with E-state index in [0.29, 0.717) is 11.8 Å².